The van der Waals surface area contributed by atoms with E-state index >= 15 is 0 Å². The number of pyridine rings is 1. The van der Waals surface area contributed by atoms with E-state index in [1.54, 1.807) is 24.4 Å². The molecule has 1 aromatic rings. The van der Waals surface area contributed by atoms with E-state index in [0.717, 1.165) is 27.9 Å². The molecular weight excluding hydrogens is 470 g/mol. The Kier molecular flexibility index (Phi) is 20.7. The number of allylic oxidation sites excluding steroid dienone is 6. The maximum absolute atomic E-state index is 12.1. The van der Waals surface area contributed by atoms with Gasteiger partial charge in [-0.25, -0.2) is 4.98 Å². The molecule has 2 atom stereocenters. The van der Waals surface area contributed by atoms with Gasteiger partial charge in [0.15, 0.2) is 0 Å². The van der Waals surface area contributed by atoms with Gasteiger partial charge in [0.2, 0.25) is 5.91 Å². The number of amides is 1. The molecule has 2 unspecified atom stereocenters. The molecule has 1 aromatic heterocycles. The summed E-state index contributed by atoms with van der Waals surface area (Å²) in [5.41, 5.74) is 10.2. The van der Waals surface area contributed by atoms with Crippen molar-refractivity contribution >= 4 is 17.8 Å². The molecule has 0 saturated carbocycles. The Morgan fingerprint density at radius 2 is 1.76 bits per heavy atom. The van der Waals surface area contributed by atoms with Crippen molar-refractivity contribution < 1.29 is 9.53 Å². The van der Waals surface area contributed by atoms with Gasteiger partial charge in [0.05, 0.1) is 6.54 Å². The molecule has 0 saturated heterocycles. The molecule has 0 aliphatic carbocycles. The lowest BCUT2D eigenvalue weighted by Gasteiger charge is -2.11. The highest BCUT2D eigenvalue weighted by Crippen LogP contribution is 2.25. The Hall–Kier alpha value is -3.60. The van der Waals surface area contributed by atoms with E-state index in [9.17, 15) is 4.79 Å². The van der Waals surface area contributed by atoms with Crippen LogP contribution in [0.4, 0.5) is 5.82 Å². The molecule has 3 N–H and O–H groups in total. The van der Waals surface area contributed by atoms with E-state index in [4.69, 9.17) is 10.5 Å². The second kappa shape index (κ2) is 21.5. The summed E-state index contributed by atoms with van der Waals surface area (Å²) < 4.78 is 5.86. The molecule has 0 bridgehead atoms. The highest BCUT2D eigenvalue weighted by atomic mass is 16.5. The molecule has 0 spiro atoms. The quantitative estimate of drug-likeness (QED) is 0.253. The highest BCUT2D eigenvalue weighted by molar-refractivity contribution is 5.91. The summed E-state index contributed by atoms with van der Waals surface area (Å²) in [7, 11) is 0. The van der Waals surface area contributed by atoms with Crippen LogP contribution in [-0.2, 0) is 9.53 Å². The van der Waals surface area contributed by atoms with Crippen molar-refractivity contribution in [2.45, 2.75) is 74.8 Å². The number of anilines is 1. The molecular formula is C33H51N3O2. The fourth-order valence-electron chi connectivity index (χ4n) is 2.68. The Morgan fingerprint density at radius 3 is 2.29 bits per heavy atom. The summed E-state index contributed by atoms with van der Waals surface area (Å²) in [6.45, 7) is 30.6. The van der Waals surface area contributed by atoms with Crippen LogP contribution in [0, 0.1) is 5.92 Å². The van der Waals surface area contributed by atoms with Crippen LogP contribution in [-0.4, -0.2) is 23.5 Å². The fraction of sp³-hybridized carbons (Fsp3) is 0.394. The molecule has 210 valence electrons. The van der Waals surface area contributed by atoms with Gasteiger partial charge in [0.25, 0.3) is 0 Å². The highest BCUT2D eigenvalue weighted by Gasteiger charge is 2.19. The summed E-state index contributed by atoms with van der Waals surface area (Å²) in [4.78, 5) is 16.1. The average Bonchev–Trinajstić information content (AvgIpc) is 3.26. The summed E-state index contributed by atoms with van der Waals surface area (Å²) in [6, 6.07) is 3.48. The van der Waals surface area contributed by atoms with Gasteiger partial charge in [0, 0.05) is 12.3 Å². The number of nitrogen functional groups attached to an aromatic ring is 1. The molecule has 38 heavy (non-hydrogen) atoms. The molecule has 1 aliphatic heterocycles. The Balaban J connectivity index is 0. The normalized spacial score (nSPS) is 15.6. The maximum atomic E-state index is 12.1. The predicted molar refractivity (Wildman–Crippen MR) is 167 cm³/mol. The van der Waals surface area contributed by atoms with Gasteiger partial charge in [0.1, 0.15) is 17.7 Å². The molecule has 2 rings (SSSR count). The van der Waals surface area contributed by atoms with Gasteiger partial charge in [-0.3, -0.25) is 4.79 Å². The minimum Gasteiger partial charge on any atom is -0.488 e. The van der Waals surface area contributed by atoms with Crippen molar-refractivity contribution in [3.05, 3.63) is 102 Å². The number of carbonyl (C=O) groups is 1. The zero-order valence-corrected chi connectivity index (χ0v) is 25.2. The van der Waals surface area contributed by atoms with Crippen molar-refractivity contribution in [3.8, 4) is 0 Å². The zero-order valence-electron chi connectivity index (χ0n) is 25.2. The van der Waals surface area contributed by atoms with Crippen molar-refractivity contribution in [2.24, 2.45) is 5.92 Å². The number of hydrogen-bond acceptors (Lipinski definition) is 4. The smallest absolute Gasteiger partial charge is 0.244 e. The number of nitrogens with zero attached hydrogens (tertiary/aromatic N) is 1. The van der Waals surface area contributed by atoms with Crippen LogP contribution in [0.5, 0.6) is 0 Å². The average molecular weight is 522 g/mol. The van der Waals surface area contributed by atoms with E-state index in [2.05, 4.69) is 56.9 Å². The molecule has 0 aromatic carbocycles. The molecule has 0 radical (unpaired) electrons. The monoisotopic (exact) mass is 521 g/mol. The van der Waals surface area contributed by atoms with Gasteiger partial charge < -0.3 is 15.8 Å². The largest absolute Gasteiger partial charge is 0.488 e. The zero-order chi connectivity index (χ0) is 29.7. The van der Waals surface area contributed by atoms with Crippen LogP contribution in [0.3, 0.4) is 0 Å². The predicted octanol–water partition coefficient (Wildman–Crippen LogP) is 8.37. The first-order valence-electron chi connectivity index (χ1n) is 13.5. The number of aromatic nitrogens is 1. The Bertz CT molecular complexity index is 996. The summed E-state index contributed by atoms with van der Waals surface area (Å²) in [5.74, 6) is 1.09. The third-order valence-corrected chi connectivity index (χ3v) is 4.87. The first kappa shape index (κ1) is 36.6. The standard InChI is InChI=1S/C26H31N3O2.C3H8.2C2H6/c1-17(2)18(3)7-8-19(4)20(5)13-23-14-24(31-21(23)6)16-29-26(30)12-10-22-9-11-25(27)28-15-22;1-3-2;2*1-2/h7-15,19,21H,1,3,5,16H2,2,4,6H3,(H2,27,28)(H,29,30);3H2,1-2H3;2*1-2H3/b8-7-,12-10+,23-13-;;;. The van der Waals surface area contributed by atoms with Gasteiger partial charge in [-0.15, -0.1) is 0 Å². The molecule has 2 heterocycles. The topological polar surface area (TPSA) is 77.2 Å². The lowest BCUT2D eigenvalue weighted by Crippen LogP contribution is -2.24. The lowest BCUT2D eigenvalue weighted by atomic mass is 9.97. The number of nitrogens with one attached hydrogen (secondary N) is 1. The summed E-state index contributed by atoms with van der Waals surface area (Å²) in [6.07, 6.45) is 13.9. The number of nitrogens with two attached hydrogens (primary N) is 1. The number of carbonyl (C=O) groups excluding carboxylic acids is 1. The van der Waals surface area contributed by atoms with E-state index < -0.39 is 0 Å². The molecule has 5 nitrogen and oxygen atoms in total. The molecule has 1 amide bonds. The van der Waals surface area contributed by atoms with Crippen molar-refractivity contribution in [1.82, 2.24) is 10.3 Å². The van der Waals surface area contributed by atoms with Crippen LogP contribution < -0.4 is 11.1 Å². The van der Waals surface area contributed by atoms with Gasteiger partial charge in [-0.1, -0.05) is 98.4 Å². The number of rotatable bonds is 9. The SMILES string of the molecule is C=C(C)C(=C)/C=C\C(C)C(=C)/C=C1/C=C(CNC(=O)/C=C/c2ccc(N)nc2)OC1C.CC.CC.CCC. The molecule has 5 heteroatoms. The van der Waals surface area contributed by atoms with E-state index in [1.165, 1.54) is 12.5 Å². The van der Waals surface area contributed by atoms with Crippen molar-refractivity contribution in [3.63, 3.8) is 0 Å². The van der Waals surface area contributed by atoms with Gasteiger partial charge >= 0.3 is 0 Å². The Labute approximate surface area is 232 Å². The third-order valence-electron chi connectivity index (χ3n) is 4.87. The van der Waals surface area contributed by atoms with E-state index in [1.807, 2.05) is 59.8 Å². The lowest BCUT2D eigenvalue weighted by molar-refractivity contribution is -0.116. The van der Waals surface area contributed by atoms with Crippen LogP contribution >= 0.6 is 0 Å². The van der Waals surface area contributed by atoms with Crippen LogP contribution in [0.25, 0.3) is 6.08 Å². The van der Waals surface area contributed by atoms with Crippen molar-refractivity contribution in [2.75, 3.05) is 12.3 Å². The molecule has 1 aliphatic rings. The number of hydrogen-bond donors (Lipinski definition) is 2. The third kappa shape index (κ3) is 15.5. The van der Waals surface area contributed by atoms with Crippen LogP contribution in [0.2, 0.25) is 0 Å². The fourth-order valence-corrected chi connectivity index (χ4v) is 2.68. The second-order valence-electron chi connectivity index (χ2n) is 8.32. The minimum atomic E-state index is -0.215. The summed E-state index contributed by atoms with van der Waals surface area (Å²) >= 11 is 0. The van der Waals surface area contributed by atoms with Crippen molar-refractivity contribution in [1.29, 1.82) is 0 Å². The minimum absolute atomic E-state index is 0.0957. The van der Waals surface area contributed by atoms with E-state index in [0.29, 0.717) is 18.1 Å². The van der Waals surface area contributed by atoms with E-state index in [-0.39, 0.29) is 17.9 Å². The van der Waals surface area contributed by atoms with Gasteiger partial charge in [-0.05, 0) is 66.3 Å². The second-order valence-corrected chi connectivity index (χ2v) is 8.32. The number of ether oxygens (including phenoxy) is 1. The maximum Gasteiger partial charge on any atom is 0.244 e. The van der Waals surface area contributed by atoms with Gasteiger partial charge in [-0.2, -0.15) is 0 Å². The summed E-state index contributed by atoms with van der Waals surface area (Å²) in [5, 5.41) is 2.82. The Morgan fingerprint density at radius 1 is 1.16 bits per heavy atom. The van der Waals surface area contributed by atoms with Crippen LogP contribution in [0.1, 0.15) is 74.3 Å². The molecule has 0 fully saturated rings. The first-order chi connectivity index (χ1) is 18.1. The first-order valence-corrected chi connectivity index (χ1v) is 13.5. The van der Waals surface area contributed by atoms with Crippen LogP contribution in [0.15, 0.2) is 96.5 Å².